The van der Waals surface area contributed by atoms with Crippen LogP contribution in [0.2, 0.25) is 0 Å². The lowest BCUT2D eigenvalue weighted by atomic mass is 10.2. The monoisotopic (exact) mass is 339 g/mol. The van der Waals surface area contributed by atoms with Crippen molar-refractivity contribution in [1.82, 2.24) is 0 Å². The molecule has 4 nitrogen and oxygen atoms in total. The Morgan fingerprint density at radius 2 is 1.90 bits per heavy atom. The van der Waals surface area contributed by atoms with E-state index in [9.17, 15) is 21.6 Å². The molecule has 2 N–H and O–H groups in total. The molecule has 1 aromatic carbocycles. The first kappa shape index (κ1) is 17.8. The predicted octanol–water partition coefficient (Wildman–Crippen LogP) is 1.80. The normalized spacial score (nSPS) is 11.4. The van der Waals surface area contributed by atoms with Crippen LogP contribution in [0.15, 0.2) is 9.79 Å². The molecule has 0 fully saturated rings. The Morgan fingerprint density at radius 3 is 2.43 bits per heavy atom. The fourth-order valence-corrected chi connectivity index (χ4v) is 3.16. The van der Waals surface area contributed by atoms with Crippen LogP contribution in [0.4, 0.5) is 13.2 Å². The number of hydrogen-bond donors (Lipinski definition) is 1. The molecule has 0 radical (unpaired) electrons. The highest BCUT2D eigenvalue weighted by molar-refractivity contribution is 7.99. The van der Waals surface area contributed by atoms with Gasteiger partial charge in [-0.3, -0.25) is 0 Å². The minimum atomic E-state index is -4.70. The van der Waals surface area contributed by atoms with E-state index in [0.29, 0.717) is 0 Å². The number of thioether (sulfide) groups is 1. The van der Waals surface area contributed by atoms with Gasteiger partial charge in [-0.15, -0.1) is 18.2 Å². The number of sulfonamides is 1. The molecule has 0 heterocycles. The number of primary sulfonamides is 1. The summed E-state index contributed by atoms with van der Waals surface area (Å²) in [5.41, 5.74) is -0.333. The third-order valence-corrected chi connectivity index (χ3v) is 4.48. The van der Waals surface area contributed by atoms with Crippen molar-refractivity contribution in [3.05, 3.63) is 23.0 Å². The molecule has 0 aliphatic rings. The highest BCUT2D eigenvalue weighted by Gasteiger charge is 2.29. The molecular weight excluding hydrogens is 327 g/mol. The van der Waals surface area contributed by atoms with Gasteiger partial charge in [0.2, 0.25) is 10.0 Å². The van der Waals surface area contributed by atoms with Crippen LogP contribution in [-0.4, -0.2) is 27.4 Å². The number of hydrogen-bond acceptors (Lipinski definition) is 4. The van der Waals surface area contributed by atoms with E-state index in [4.69, 9.17) is 11.2 Å². The second kappa shape index (κ2) is 7.17. The van der Waals surface area contributed by atoms with Crippen molar-refractivity contribution >= 4 is 21.8 Å². The predicted molar refractivity (Wildman–Crippen MR) is 72.8 cm³/mol. The lowest BCUT2D eigenvalue weighted by molar-refractivity contribution is 0.185. The van der Waals surface area contributed by atoms with E-state index in [1.807, 2.05) is 0 Å². The van der Waals surface area contributed by atoms with Crippen LogP contribution in [0.25, 0.3) is 0 Å². The summed E-state index contributed by atoms with van der Waals surface area (Å²) in [6.07, 6.45) is 4.96. The SMILES string of the molecule is C#CCOCCSc1c(C)c(F)c(S(N)(=O)=O)c(F)c1F. The Morgan fingerprint density at radius 1 is 1.29 bits per heavy atom. The largest absolute Gasteiger partial charge is 0.368 e. The zero-order valence-corrected chi connectivity index (χ0v) is 12.6. The van der Waals surface area contributed by atoms with E-state index in [1.54, 1.807) is 0 Å². The van der Waals surface area contributed by atoms with Crippen molar-refractivity contribution in [2.75, 3.05) is 19.0 Å². The summed E-state index contributed by atoms with van der Waals surface area (Å²) >= 11 is 0.788. The van der Waals surface area contributed by atoms with E-state index >= 15 is 0 Å². The molecule has 0 saturated carbocycles. The molecule has 1 aromatic rings. The number of ether oxygens (including phenoxy) is 1. The van der Waals surface area contributed by atoms with Crippen LogP contribution in [0.1, 0.15) is 5.56 Å². The number of benzene rings is 1. The maximum Gasteiger partial charge on any atom is 0.244 e. The summed E-state index contributed by atoms with van der Waals surface area (Å²) in [7, 11) is -4.70. The van der Waals surface area contributed by atoms with Gasteiger partial charge < -0.3 is 4.74 Å². The maximum absolute atomic E-state index is 13.9. The Kier molecular flexibility index (Phi) is 6.10. The van der Waals surface area contributed by atoms with Crippen molar-refractivity contribution < 1.29 is 26.3 Å². The van der Waals surface area contributed by atoms with Crippen LogP contribution in [0.5, 0.6) is 0 Å². The van der Waals surface area contributed by atoms with Crippen molar-refractivity contribution in [3.63, 3.8) is 0 Å². The summed E-state index contributed by atoms with van der Waals surface area (Å²) in [4.78, 5) is -1.80. The molecule has 21 heavy (non-hydrogen) atoms. The molecule has 116 valence electrons. The Labute approximate surface area is 124 Å². The fourth-order valence-electron chi connectivity index (χ4n) is 1.49. The second-order valence-electron chi connectivity index (χ2n) is 3.88. The minimum Gasteiger partial charge on any atom is -0.368 e. The van der Waals surface area contributed by atoms with Gasteiger partial charge in [0.25, 0.3) is 0 Å². The van der Waals surface area contributed by atoms with Gasteiger partial charge in [-0.05, 0) is 6.92 Å². The molecule has 9 heteroatoms. The van der Waals surface area contributed by atoms with E-state index in [-0.39, 0.29) is 29.4 Å². The van der Waals surface area contributed by atoms with E-state index in [2.05, 4.69) is 11.1 Å². The summed E-state index contributed by atoms with van der Waals surface area (Å²) < 4.78 is 68.6. The van der Waals surface area contributed by atoms with Gasteiger partial charge in [0.1, 0.15) is 12.4 Å². The first-order valence-corrected chi connectivity index (χ1v) is 8.08. The summed E-state index contributed by atoms with van der Waals surface area (Å²) in [5.74, 6) is -2.27. The molecule has 0 spiro atoms. The van der Waals surface area contributed by atoms with Gasteiger partial charge in [0, 0.05) is 11.3 Å². The molecule has 0 saturated heterocycles. The van der Waals surface area contributed by atoms with Gasteiger partial charge in [0.05, 0.1) is 11.5 Å². The average Bonchev–Trinajstić information content (AvgIpc) is 2.38. The summed E-state index contributed by atoms with van der Waals surface area (Å²) in [6.45, 7) is 1.35. The van der Waals surface area contributed by atoms with Gasteiger partial charge in [-0.2, -0.15) is 0 Å². The number of nitrogens with two attached hydrogens (primary N) is 1. The molecule has 0 bridgehead atoms. The maximum atomic E-state index is 13.9. The summed E-state index contributed by atoms with van der Waals surface area (Å²) in [6, 6.07) is 0. The van der Waals surface area contributed by atoms with Crippen molar-refractivity contribution in [3.8, 4) is 12.3 Å². The van der Waals surface area contributed by atoms with Gasteiger partial charge >= 0.3 is 0 Å². The Balaban J connectivity index is 3.12. The highest BCUT2D eigenvalue weighted by atomic mass is 32.2. The standard InChI is InChI=1S/C12H12F3NO3S2/c1-3-4-19-5-6-20-11-7(2)8(13)12(21(16,17)18)10(15)9(11)14/h1H,4-6H2,2H3,(H2,16,17,18). The number of halogens is 3. The number of rotatable bonds is 6. The molecule has 0 amide bonds. The Bertz CT molecular complexity index is 655. The third-order valence-electron chi connectivity index (χ3n) is 2.40. The zero-order chi connectivity index (χ0) is 16.2. The second-order valence-corrected chi connectivity index (χ2v) is 6.48. The van der Waals surface area contributed by atoms with Crippen LogP contribution in [0, 0.1) is 36.7 Å². The average molecular weight is 339 g/mol. The van der Waals surface area contributed by atoms with Crippen molar-refractivity contribution in [2.24, 2.45) is 5.14 Å². The lowest BCUT2D eigenvalue weighted by Gasteiger charge is -2.12. The smallest absolute Gasteiger partial charge is 0.244 e. The molecular formula is C12H12F3NO3S2. The third kappa shape index (κ3) is 4.14. The first-order valence-electron chi connectivity index (χ1n) is 5.55. The minimum absolute atomic E-state index is 0.0646. The van der Waals surface area contributed by atoms with E-state index in [1.165, 1.54) is 0 Å². The quantitative estimate of drug-likeness (QED) is 0.371. The van der Waals surface area contributed by atoms with Crippen molar-refractivity contribution in [1.29, 1.82) is 0 Å². The topological polar surface area (TPSA) is 69.4 Å². The molecule has 0 aliphatic heterocycles. The summed E-state index contributed by atoms with van der Waals surface area (Å²) in [5, 5.41) is 4.68. The molecule has 0 unspecified atom stereocenters. The van der Waals surface area contributed by atoms with Crippen molar-refractivity contribution in [2.45, 2.75) is 16.7 Å². The van der Waals surface area contributed by atoms with Crippen LogP contribution >= 0.6 is 11.8 Å². The van der Waals surface area contributed by atoms with Crippen LogP contribution < -0.4 is 5.14 Å². The van der Waals surface area contributed by atoms with E-state index < -0.39 is 32.4 Å². The Hall–Kier alpha value is -1.21. The lowest BCUT2D eigenvalue weighted by Crippen LogP contribution is -2.18. The van der Waals surface area contributed by atoms with Gasteiger partial charge in [-0.25, -0.2) is 26.7 Å². The molecule has 0 atom stereocenters. The highest BCUT2D eigenvalue weighted by Crippen LogP contribution is 2.33. The van der Waals surface area contributed by atoms with E-state index in [0.717, 1.165) is 18.7 Å². The zero-order valence-electron chi connectivity index (χ0n) is 11.0. The van der Waals surface area contributed by atoms with Gasteiger partial charge in [0.15, 0.2) is 16.5 Å². The first-order chi connectivity index (χ1) is 9.71. The van der Waals surface area contributed by atoms with Crippen LogP contribution in [-0.2, 0) is 14.8 Å². The van der Waals surface area contributed by atoms with Gasteiger partial charge in [-0.1, -0.05) is 5.92 Å². The molecule has 0 aliphatic carbocycles. The molecule has 0 aromatic heterocycles. The molecule has 1 rings (SSSR count). The number of terminal acetylenes is 1. The fraction of sp³-hybridized carbons (Fsp3) is 0.333. The van der Waals surface area contributed by atoms with Crippen LogP contribution in [0.3, 0.4) is 0 Å².